The summed E-state index contributed by atoms with van der Waals surface area (Å²) in [7, 11) is 0. The number of hydrogen-bond donors (Lipinski definition) is 1. The number of nitrogens with one attached hydrogen (secondary N) is 1. The molecule has 0 heterocycles. The largest absolute Gasteiger partial charge is 0.348 e. The molecule has 2 aromatic rings. The van der Waals surface area contributed by atoms with Gasteiger partial charge >= 0.3 is 0 Å². The second kappa shape index (κ2) is 6.74. The molecule has 0 aliphatic carbocycles. The average Bonchev–Trinajstić information content (AvgIpc) is 2.52. The highest BCUT2D eigenvalue weighted by Gasteiger charge is 2.06. The molecular weight excluding hydrogens is 272 g/mol. The minimum atomic E-state index is -0.196. The number of carbonyl (C=O) groups excluding carboxylic acids is 1. The van der Waals surface area contributed by atoms with E-state index in [0.29, 0.717) is 23.6 Å². The Bertz CT molecular complexity index is 662. The van der Waals surface area contributed by atoms with Crippen LogP contribution in [0.3, 0.4) is 0 Å². The van der Waals surface area contributed by atoms with Gasteiger partial charge in [-0.25, -0.2) is 0 Å². The van der Waals surface area contributed by atoms with E-state index in [2.05, 4.69) is 5.32 Å². The fourth-order valence-corrected chi connectivity index (χ4v) is 2.00. The van der Waals surface area contributed by atoms with Crippen LogP contribution >= 0.6 is 11.6 Å². The molecule has 100 valence electrons. The molecule has 3 nitrogen and oxygen atoms in total. The summed E-state index contributed by atoms with van der Waals surface area (Å²) in [6.07, 6.45) is 0. The van der Waals surface area contributed by atoms with Crippen LogP contribution in [0.5, 0.6) is 0 Å². The van der Waals surface area contributed by atoms with Crippen LogP contribution in [0.1, 0.15) is 27.0 Å². The van der Waals surface area contributed by atoms with Gasteiger partial charge in [0.15, 0.2) is 0 Å². The highest BCUT2D eigenvalue weighted by molar-refractivity contribution is 6.17. The van der Waals surface area contributed by atoms with Crippen molar-refractivity contribution in [2.75, 3.05) is 0 Å². The van der Waals surface area contributed by atoms with Crippen molar-refractivity contribution in [3.05, 3.63) is 70.8 Å². The normalized spacial score (nSPS) is 9.80. The quantitative estimate of drug-likeness (QED) is 0.877. The molecule has 0 saturated carbocycles. The summed E-state index contributed by atoms with van der Waals surface area (Å²) in [5, 5.41) is 11.6. The zero-order valence-corrected chi connectivity index (χ0v) is 11.5. The van der Waals surface area contributed by atoms with Gasteiger partial charge in [0.2, 0.25) is 0 Å². The predicted molar refractivity (Wildman–Crippen MR) is 78.3 cm³/mol. The van der Waals surface area contributed by atoms with Gasteiger partial charge in [0, 0.05) is 18.0 Å². The van der Waals surface area contributed by atoms with Crippen LogP contribution in [0, 0.1) is 11.3 Å². The molecule has 1 N–H and O–H groups in total. The first kappa shape index (κ1) is 14.1. The van der Waals surface area contributed by atoms with E-state index in [1.165, 1.54) is 0 Å². The van der Waals surface area contributed by atoms with E-state index in [4.69, 9.17) is 16.9 Å². The van der Waals surface area contributed by atoms with E-state index in [1.807, 2.05) is 30.3 Å². The third-order valence-corrected chi connectivity index (χ3v) is 3.16. The summed E-state index contributed by atoms with van der Waals surface area (Å²) in [5.41, 5.74) is 2.97. The zero-order chi connectivity index (χ0) is 14.4. The topological polar surface area (TPSA) is 52.9 Å². The van der Waals surface area contributed by atoms with Gasteiger partial charge in [0.05, 0.1) is 11.6 Å². The lowest BCUT2D eigenvalue weighted by Gasteiger charge is -2.06. The molecule has 0 aromatic heterocycles. The SMILES string of the molecule is N#Cc1cccc(C(=O)NCc2cccc(CCl)c2)c1. The van der Waals surface area contributed by atoms with Crippen molar-refractivity contribution in [2.45, 2.75) is 12.4 Å². The van der Waals surface area contributed by atoms with Crippen LogP contribution in [-0.2, 0) is 12.4 Å². The minimum absolute atomic E-state index is 0.196. The maximum Gasteiger partial charge on any atom is 0.251 e. The average molecular weight is 285 g/mol. The zero-order valence-electron chi connectivity index (χ0n) is 10.8. The first-order chi connectivity index (χ1) is 9.72. The summed E-state index contributed by atoms with van der Waals surface area (Å²) in [4.78, 5) is 12.0. The molecule has 0 spiro atoms. The molecule has 0 radical (unpaired) electrons. The van der Waals surface area contributed by atoms with Gasteiger partial charge in [0.25, 0.3) is 5.91 Å². The highest BCUT2D eigenvalue weighted by atomic mass is 35.5. The minimum Gasteiger partial charge on any atom is -0.348 e. The van der Waals surface area contributed by atoms with E-state index in [9.17, 15) is 4.79 Å². The Morgan fingerprint density at radius 2 is 1.90 bits per heavy atom. The van der Waals surface area contributed by atoms with E-state index >= 15 is 0 Å². The molecule has 20 heavy (non-hydrogen) atoms. The maximum atomic E-state index is 12.0. The molecule has 0 aliphatic heterocycles. The number of carbonyl (C=O) groups is 1. The Morgan fingerprint density at radius 1 is 1.15 bits per heavy atom. The molecule has 2 rings (SSSR count). The smallest absolute Gasteiger partial charge is 0.251 e. The number of benzene rings is 2. The van der Waals surface area contributed by atoms with Crippen molar-refractivity contribution in [3.63, 3.8) is 0 Å². The first-order valence-electron chi connectivity index (χ1n) is 6.15. The number of nitrogens with zero attached hydrogens (tertiary/aromatic N) is 1. The van der Waals surface area contributed by atoms with E-state index in [-0.39, 0.29) is 5.91 Å². The standard InChI is InChI=1S/C16H13ClN2O/c17-9-12-3-1-5-14(7-12)11-19-16(20)15-6-2-4-13(8-15)10-18/h1-8H,9,11H2,(H,19,20). The lowest BCUT2D eigenvalue weighted by molar-refractivity contribution is 0.0951. The molecule has 0 bridgehead atoms. The molecule has 2 aromatic carbocycles. The second-order valence-electron chi connectivity index (χ2n) is 4.33. The molecule has 4 heteroatoms. The van der Waals surface area contributed by atoms with Crippen molar-refractivity contribution in [1.29, 1.82) is 5.26 Å². The van der Waals surface area contributed by atoms with E-state index in [0.717, 1.165) is 11.1 Å². The number of halogens is 1. The molecule has 1 amide bonds. The molecule has 0 atom stereocenters. The summed E-state index contributed by atoms with van der Waals surface area (Å²) in [5.74, 6) is 0.254. The lowest BCUT2D eigenvalue weighted by Crippen LogP contribution is -2.22. The van der Waals surface area contributed by atoms with Gasteiger partial charge in [0.1, 0.15) is 0 Å². The summed E-state index contributed by atoms with van der Waals surface area (Å²) in [6, 6.07) is 16.4. The van der Waals surface area contributed by atoms with Crippen LogP contribution in [0.2, 0.25) is 0 Å². The number of alkyl halides is 1. The monoisotopic (exact) mass is 284 g/mol. The lowest BCUT2D eigenvalue weighted by atomic mass is 10.1. The van der Waals surface area contributed by atoms with Crippen molar-refractivity contribution < 1.29 is 4.79 Å². The third kappa shape index (κ3) is 3.59. The fourth-order valence-electron chi connectivity index (χ4n) is 1.84. The van der Waals surface area contributed by atoms with Crippen molar-refractivity contribution in [3.8, 4) is 6.07 Å². The Labute approximate surface area is 122 Å². The van der Waals surface area contributed by atoms with Crippen LogP contribution in [0.15, 0.2) is 48.5 Å². The molecule has 0 unspecified atom stereocenters. The number of hydrogen-bond acceptors (Lipinski definition) is 2. The number of amides is 1. The molecular formula is C16H13ClN2O. The maximum absolute atomic E-state index is 12.0. The fraction of sp³-hybridized carbons (Fsp3) is 0.125. The highest BCUT2D eigenvalue weighted by Crippen LogP contribution is 2.08. The molecule has 0 fully saturated rings. The van der Waals surface area contributed by atoms with Gasteiger partial charge in [-0.05, 0) is 29.3 Å². The summed E-state index contributed by atoms with van der Waals surface area (Å²) >= 11 is 5.77. The van der Waals surface area contributed by atoms with Crippen molar-refractivity contribution in [2.24, 2.45) is 0 Å². The predicted octanol–water partition coefficient (Wildman–Crippen LogP) is 3.23. The van der Waals surface area contributed by atoms with Gasteiger partial charge in [-0.15, -0.1) is 11.6 Å². The number of rotatable bonds is 4. The Morgan fingerprint density at radius 3 is 2.65 bits per heavy atom. The Balaban J connectivity index is 2.03. The van der Waals surface area contributed by atoms with Crippen molar-refractivity contribution >= 4 is 17.5 Å². The molecule has 0 saturated heterocycles. The summed E-state index contributed by atoms with van der Waals surface area (Å²) < 4.78 is 0. The van der Waals surface area contributed by atoms with Gasteiger partial charge < -0.3 is 5.32 Å². The van der Waals surface area contributed by atoms with Crippen molar-refractivity contribution in [1.82, 2.24) is 5.32 Å². The van der Waals surface area contributed by atoms with Crippen LogP contribution in [0.4, 0.5) is 0 Å². The van der Waals surface area contributed by atoms with E-state index in [1.54, 1.807) is 24.3 Å². The Hall–Kier alpha value is -2.31. The first-order valence-corrected chi connectivity index (χ1v) is 6.68. The van der Waals surface area contributed by atoms with Gasteiger partial charge in [-0.1, -0.05) is 30.3 Å². The second-order valence-corrected chi connectivity index (χ2v) is 4.60. The Kier molecular flexibility index (Phi) is 4.75. The van der Waals surface area contributed by atoms with Crippen LogP contribution in [0.25, 0.3) is 0 Å². The van der Waals surface area contributed by atoms with Crippen LogP contribution < -0.4 is 5.32 Å². The van der Waals surface area contributed by atoms with Gasteiger partial charge in [-0.3, -0.25) is 4.79 Å². The third-order valence-electron chi connectivity index (χ3n) is 2.85. The van der Waals surface area contributed by atoms with Crippen LogP contribution in [-0.4, -0.2) is 5.91 Å². The van der Waals surface area contributed by atoms with E-state index < -0.39 is 0 Å². The molecule has 0 aliphatic rings. The summed E-state index contributed by atoms with van der Waals surface area (Å²) in [6.45, 7) is 0.431. The number of nitriles is 1. The van der Waals surface area contributed by atoms with Gasteiger partial charge in [-0.2, -0.15) is 5.26 Å².